The van der Waals surface area contributed by atoms with Gasteiger partial charge in [-0.2, -0.15) is 0 Å². The van der Waals surface area contributed by atoms with Gasteiger partial charge in [0, 0.05) is 27.7 Å². The Morgan fingerprint density at radius 1 is 1.14 bits per heavy atom. The maximum absolute atomic E-state index is 13.1. The van der Waals surface area contributed by atoms with Gasteiger partial charge in [-0.05, 0) is 24.6 Å². The fraction of sp³-hybridized carbons (Fsp3) is 0.190. The lowest BCUT2D eigenvalue weighted by Crippen LogP contribution is -2.42. The van der Waals surface area contributed by atoms with Gasteiger partial charge in [-0.3, -0.25) is 14.4 Å². The number of H-pyrrole nitrogens is 1. The molecule has 7 heteroatoms. The van der Waals surface area contributed by atoms with Crippen molar-refractivity contribution in [3.63, 3.8) is 0 Å². The SMILES string of the molecule is Cc1[nH]c2ccccc2c1[C@@H]1c2ccccc2C(=O)N1CC(=O)NCC(N)=O. The van der Waals surface area contributed by atoms with Crippen LogP contribution < -0.4 is 11.1 Å². The van der Waals surface area contributed by atoms with Crippen LogP contribution in [0.2, 0.25) is 0 Å². The normalized spacial score (nSPS) is 15.7. The number of fused-ring (bicyclic) bond motifs is 2. The number of primary amides is 1. The molecule has 1 aromatic heterocycles. The van der Waals surface area contributed by atoms with Gasteiger partial charge in [-0.15, -0.1) is 0 Å². The van der Waals surface area contributed by atoms with E-state index in [0.29, 0.717) is 5.56 Å². The summed E-state index contributed by atoms with van der Waals surface area (Å²) in [6.45, 7) is 1.54. The summed E-state index contributed by atoms with van der Waals surface area (Å²) in [5, 5.41) is 3.47. The Hall–Kier alpha value is -3.61. The fourth-order valence-corrected chi connectivity index (χ4v) is 3.89. The van der Waals surface area contributed by atoms with Crippen molar-refractivity contribution < 1.29 is 14.4 Å². The molecule has 142 valence electrons. The molecule has 2 heterocycles. The molecule has 2 aromatic carbocycles. The minimum Gasteiger partial charge on any atom is -0.368 e. The summed E-state index contributed by atoms with van der Waals surface area (Å²) >= 11 is 0. The lowest BCUT2D eigenvalue weighted by molar-refractivity contribution is -0.125. The Bertz CT molecular complexity index is 1100. The number of aryl methyl sites for hydroxylation is 1. The van der Waals surface area contributed by atoms with E-state index in [2.05, 4.69) is 10.3 Å². The van der Waals surface area contributed by atoms with Crippen molar-refractivity contribution in [1.29, 1.82) is 0 Å². The quantitative estimate of drug-likeness (QED) is 0.630. The highest BCUT2D eigenvalue weighted by molar-refractivity contribution is 6.02. The summed E-state index contributed by atoms with van der Waals surface area (Å²) in [6, 6.07) is 14.9. The number of hydrogen-bond donors (Lipinski definition) is 3. The minimum atomic E-state index is -0.631. The van der Waals surface area contributed by atoms with Crippen LogP contribution in [0.1, 0.15) is 33.2 Å². The number of aromatic amines is 1. The molecule has 0 bridgehead atoms. The zero-order valence-corrected chi connectivity index (χ0v) is 15.4. The fourth-order valence-electron chi connectivity index (χ4n) is 3.89. The number of rotatable bonds is 5. The van der Waals surface area contributed by atoms with Crippen LogP contribution in [0.4, 0.5) is 0 Å². The van der Waals surface area contributed by atoms with Gasteiger partial charge in [0.1, 0.15) is 6.54 Å². The average Bonchev–Trinajstić information content (AvgIpc) is 3.14. The van der Waals surface area contributed by atoms with Gasteiger partial charge in [0.25, 0.3) is 5.91 Å². The largest absolute Gasteiger partial charge is 0.368 e. The van der Waals surface area contributed by atoms with Gasteiger partial charge >= 0.3 is 0 Å². The lowest BCUT2D eigenvalue weighted by atomic mass is 9.95. The third-order valence-corrected chi connectivity index (χ3v) is 5.05. The van der Waals surface area contributed by atoms with E-state index in [1.165, 1.54) is 0 Å². The second-order valence-corrected chi connectivity index (χ2v) is 6.88. The molecule has 0 saturated carbocycles. The smallest absolute Gasteiger partial charge is 0.255 e. The van der Waals surface area contributed by atoms with Crippen molar-refractivity contribution in [3.05, 3.63) is 70.9 Å². The summed E-state index contributed by atoms with van der Waals surface area (Å²) < 4.78 is 0. The van der Waals surface area contributed by atoms with Crippen molar-refractivity contribution in [3.8, 4) is 0 Å². The molecule has 0 fully saturated rings. The molecule has 3 aromatic rings. The maximum Gasteiger partial charge on any atom is 0.255 e. The summed E-state index contributed by atoms with van der Waals surface area (Å²) in [4.78, 5) is 41.3. The first-order valence-electron chi connectivity index (χ1n) is 8.99. The van der Waals surface area contributed by atoms with E-state index in [9.17, 15) is 14.4 Å². The topological polar surface area (TPSA) is 108 Å². The minimum absolute atomic E-state index is 0.162. The van der Waals surface area contributed by atoms with Gasteiger partial charge in [-0.25, -0.2) is 0 Å². The predicted molar refractivity (Wildman–Crippen MR) is 105 cm³/mol. The molecule has 0 unspecified atom stereocenters. The molecule has 3 amide bonds. The van der Waals surface area contributed by atoms with E-state index in [-0.39, 0.29) is 25.0 Å². The Labute approximate surface area is 161 Å². The first-order chi connectivity index (χ1) is 13.5. The number of carbonyl (C=O) groups is 3. The number of para-hydroxylation sites is 1. The molecule has 1 aliphatic heterocycles. The summed E-state index contributed by atoms with van der Waals surface area (Å²) in [7, 11) is 0. The third kappa shape index (κ3) is 2.90. The summed E-state index contributed by atoms with van der Waals surface area (Å²) in [5.41, 5.74) is 9.43. The maximum atomic E-state index is 13.1. The summed E-state index contributed by atoms with van der Waals surface area (Å²) in [6.07, 6.45) is 0. The molecule has 1 atom stereocenters. The van der Waals surface area contributed by atoms with Gasteiger partial charge < -0.3 is 20.9 Å². The molecule has 0 radical (unpaired) electrons. The molecular weight excluding hydrogens is 356 g/mol. The third-order valence-electron chi connectivity index (χ3n) is 5.05. The van der Waals surface area contributed by atoms with Crippen molar-refractivity contribution in [1.82, 2.24) is 15.2 Å². The number of nitrogens with two attached hydrogens (primary N) is 1. The highest BCUT2D eigenvalue weighted by atomic mass is 16.2. The van der Waals surface area contributed by atoms with Crippen molar-refractivity contribution >= 4 is 28.6 Å². The van der Waals surface area contributed by atoms with E-state index in [1.807, 2.05) is 49.4 Å². The highest BCUT2D eigenvalue weighted by Crippen LogP contribution is 2.42. The van der Waals surface area contributed by atoms with Crippen LogP contribution in [-0.2, 0) is 9.59 Å². The molecule has 0 spiro atoms. The van der Waals surface area contributed by atoms with E-state index < -0.39 is 11.8 Å². The highest BCUT2D eigenvalue weighted by Gasteiger charge is 2.40. The van der Waals surface area contributed by atoms with Gasteiger partial charge in [0.15, 0.2) is 0 Å². The van der Waals surface area contributed by atoms with Gasteiger partial charge in [0.2, 0.25) is 11.8 Å². The van der Waals surface area contributed by atoms with Crippen molar-refractivity contribution in [2.24, 2.45) is 5.73 Å². The molecule has 7 nitrogen and oxygen atoms in total. The Morgan fingerprint density at radius 2 is 1.86 bits per heavy atom. The Balaban J connectivity index is 1.79. The Kier molecular flexibility index (Phi) is 4.35. The first kappa shape index (κ1) is 17.8. The van der Waals surface area contributed by atoms with E-state index in [4.69, 9.17) is 5.73 Å². The van der Waals surface area contributed by atoms with Crippen LogP contribution in [0.25, 0.3) is 10.9 Å². The predicted octanol–water partition coefficient (Wildman–Crippen LogP) is 1.62. The molecule has 28 heavy (non-hydrogen) atoms. The molecule has 4 rings (SSSR count). The van der Waals surface area contributed by atoms with Gasteiger partial charge in [-0.1, -0.05) is 36.4 Å². The standard InChI is InChI=1S/C21H20N4O3/c1-12-19(15-8-4-5-9-16(15)24-12)20-13-6-2-3-7-14(13)21(28)25(20)11-18(27)23-10-17(22)26/h2-9,20,24H,10-11H2,1H3,(H2,22,26)(H,23,27)/t20-/m0/s1. The van der Waals surface area contributed by atoms with E-state index in [1.54, 1.807) is 11.0 Å². The number of amides is 3. The number of benzene rings is 2. The lowest BCUT2D eigenvalue weighted by Gasteiger charge is -2.25. The monoisotopic (exact) mass is 376 g/mol. The van der Waals surface area contributed by atoms with Crippen LogP contribution >= 0.6 is 0 Å². The molecular formula is C21H20N4O3. The summed E-state index contributed by atoms with van der Waals surface area (Å²) in [5.74, 6) is -1.27. The number of nitrogens with zero attached hydrogens (tertiary/aromatic N) is 1. The van der Waals surface area contributed by atoms with Crippen LogP contribution in [0.15, 0.2) is 48.5 Å². The van der Waals surface area contributed by atoms with Crippen LogP contribution in [0.5, 0.6) is 0 Å². The van der Waals surface area contributed by atoms with Crippen molar-refractivity contribution in [2.75, 3.05) is 13.1 Å². The molecule has 0 aliphatic carbocycles. The second kappa shape index (κ2) is 6.84. The molecule has 0 saturated heterocycles. The zero-order valence-electron chi connectivity index (χ0n) is 15.4. The van der Waals surface area contributed by atoms with Crippen LogP contribution in [0.3, 0.4) is 0 Å². The second-order valence-electron chi connectivity index (χ2n) is 6.88. The Morgan fingerprint density at radius 3 is 2.64 bits per heavy atom. The van der Waals surface area contributed by atoms with E-state index >= 15 is 0 Å². The van der Waals surface area contributed by atoms with Crippen molar-refractivity contribution in [2.45, 2.75) is 13.0 Å². The van der Waals surface area contributed by atoms with Gasteiger partial charge in [0.05, 0.1) is 12.6 Å². The van der Waals surface area contributed by atoms with Crippen LogP contribution in [-0.4, -0.2) is 40.7 Å². The number of aromatic nitrogens is 1. The first-order valence-corrected chi connectivity index (χ1v) is 8.99. The molecule has 4 N–H and O–H groups in total. The zero-order chi connectivity index (χ0) is 19.8. The average molecular weight is 376 g/mol. The van der Waals surface area contributed by atoms with E-state index in [0.717, 1.165) is 27.7 Å². The van der Waals surface area contributed by atoms with Crippen LogP contribution in [0, 0.1) is 6.92 Å². The molecule has 1 aliphatic rings. The number of hydrogen-bond acceptors (Lipinski definition) is 3. The number of nitrogens with one attached hydrogen (secondary N) is 2. The number of carbonyl (C=O) groups excluding carboxylic acids is 3.